The maximum atomic E-state index is 12.6. The van der Waals surface area contributed by atoms with Crippen molar-refractivity contribution in [2.24, 2.45) is 17.1 Å². The molecular formula is C23H29F3N4O. The average Bonchev–Trinajstić information content (AvgIpc) is 2.91. The first-order valence-electron chi connectivity index (χ1n) is 10.5. The normalized spacial score (nSPS) is 27.5. The van der Waals surface area contributed by atoms with Crippen LogP contribution in [0.5, 0.6) is 5.75 Å². The van der Waals surface area contributed by atoms with Crippen molar-refractivity contribution in [2.45, 2.75) is 58.2 Å². The van der Waals surface area contributed by atoms with Crippen molar-refractivity contribution in [1.29, 1.82) is 0 Å². The first-order chi connectivity index (χ1) is 14.4. The van der Waals surface area contributed by atoms with E-state index in [1.165, 1.54) is 12.1 Å². The Bertz CT molecular complexity index is 960. The minimum absolute atomic E-state index is 0.157. The average molecular weight is 435 g/mol. The maximum Gasteiger partial charge on any atom is 0.573 e. The molecule has 5 N–H and O–H groups in total. The maximum absolute atomic E-state index is 12.6. The number of ether oxygens (including phenoxy) is 1. The highest BCUT2D eigenvalue weighted by molar-refractivity contribution is 5.81. The van der Waals surface area contributed by atoms with Gasteiger partial charge in [0.25, 0.3) is 0 Å². The summed E-state index contributed by atoms with van der Waals surface area (Å²) in [7, 11) is 0. The van der Waals surface area contributed by atoms with Gasteiger partial charge in [0.15, 0.2) is 5.79 Å². The van der Waals surface area contributed by atoms with Crippen molar-refractivity contribution in [1.82, 2.24) is 0 Å². The number of anilines is 3. The van der Waals surface area contributed by atoms with E-state index in [1.54, 1.807) is 12.1 Å². The van der Waals surface area contributed by atoms with Crippen LogP contribution in [0.1, 0.15) is 45.6 Å². The molecule has 1 unspecified atom stereocenters. The van der Waals surface area contributed by atoms with Crippen molar-refractivity contribution in [3.63, 3.8) is 0 Å². The van der Waals surface area contributed by atoms with Crippen LogP contribution in [0.15, 0.2) is 42.5 Å². The molecule has 2 aromatic rings. The van der Waals surface area contributed by atoms with Crippen LogP contribution in [0.4, 0.5) is 30.2 Å². The van der Waals surface area contributed by atoms with E-state index in [2.05, 4.69) is 35.7 Å². The minimum Gasteiger partial charge on any atom is -0.406 e. The first kappa shape index (κ1) is 21.6. The van der Waals surface area contributed by atoms with Gasteiger partial charge in [-0.05, 0) is 73.1 Å². The van der Waals surface area contributed by atoms with Gasteiger partial charge in [-0.15, -0.1) is 13.2 Å². The second kappa shape index (κ2) is 7.22. The summed E-state index contributed by atoms with van der Waals surface area (Å²) in [6, 6.07) is 11.5. The third-order valence-corrected chi connectivity index (χ3v) is 6.24. The predicted molar refractivity (Wildman–Crippen MR) is 117 cm³/mol. The lowest BCUT2D eigenvalue weighted by Gasteiger charge is -2.48. The molecule has 8 heteroatoms. The lowest BCUT2D eigenvalue weighted by Crippen LogP contribution is -2.60. The summed E-state index contributed by atoms with van der Waals surface area (Å²) >= 11 is 0. The van der Waals surface area contributed by atoms with Gasteiger partial charge in [-0.25, -0.2) is 0 Å². The highest BCUT2D eigenvalue weighted by atomic mass is 19.4. The zero-order chi connectivity index (χ0) is 22.6. The van der Waals surface area contributed by atoms with Gasteiger partial charge in [-0.3, -0.25) is 5.73 Å². The molecule has 5 nitrogen and oxygen atoms in total. The molecule has 0 bridgehead atoms. The molecule has 3 atom stereocenters. The third kappa shape index (κ3) is 4.26. The highest BCUT2D eigenvalue weighted by Gasteiger charge is 2.48. The molecule has 2 aliphatic rings. The molecule has 0 aromatic heterocycles. The van der Waals surface area contributed by atoms with Gasteiger partial charge in [0, 0.05) is 17.3 Å². The summed E-state index contributed by atoms with van der Waals surface area (Å²) in [6.45, 7) is 6.79. The van der Waals surface area contributed by atoms with Gasteiger partial charge in [0.1, 0.15) is 5.75 Å². The van der Waals surface area contributed by atoms with Crippen LogP contribution in [0.3, 0.4) is 0 Å². The molecule has 1 fully saturated rings. The molecule has 0 radical (unpaired) electrons. The molecular weight excluding hydrogens is 405 g/mol. The van der Waals surface area contributed by atoms with E-state index in [0.717, 1.165) is 30.6 Å². The zero-order valence-corrected chi connectivity index (χ0v) is 18.0. The van der Waals surface area contributed by atoms with E-state index in [9.17, 15) is 13.2 Å². The van der Waals surface area contributed by atoms with Crippen molar-refractivity contribution < 1.29 is 17.9 Å². The number of benzene rings is 2. The number of halogens is 3. The van der Waals surface area contributed by atoms with Crippen molar-refractivity contribution in [3.8, 4) is 5.75 Å². The molecule has 1 aliphatic heterocycles. The molecule has 31 heavy (non-hydrogen) atoms. The van der Waals surface area contributed by atoms with Gasteiger partial charge in [0.2, 0.25) is 0 Å². The standard InChI is InChI=1S/C23H29F3N4O/c1-14-10-17(13-21(2,3)12-14)30-20-9-6-16(27)11-19(20)29-22(30,28)15-4-7-18(8-5-15)31-23(24,25)26/h4-9,11,14,17,29H,10,12-13,27-28H2,1-3H3/t14-,17+,22?/m1/s1. The molecule has 1 heterocycles. The summed E-state index contributed by atoms with van der Waals surface area (Å²) < 4.78 is 41.7. The van der Waals surface area contributed by atoms with Gasteiger partial charge in [-0.1, -0.05) is 20.8 Å². The SMILES string of the molecule is C[C@@H]1C[C@H](N2c3ccc(N)cc3NC2(N)c2ccc(OC(F)(F)F)cc2)CC(C)(C)C1. The fourth-order valence-electron chi connectivity index (χ4n) is 5.42. The van der Waals surface area contributed by atoms with Crippen molar-refractivity contribution >= 4 is 17.1 Å². The van der Waals surface area contributed by atoms with E-state index in [4.69, 9.17) is 11.5 Å². The fourth-order valence-corrected chi connectivity index (χ4v) is 5.42. The number of hydrogen-bond acceptors (Lipinski definition) is 5. The summed E-state index contributed by atoms with van der Waals surface area (Å²) in [6.07, 6.45) is -1.67. The van der Waals surface area contributed by atoms with E-state index >= 15 is 0 Å². The Labute approximate surface area is 180 Å². The number of nitrogens with zero attached hydrogens (tertiary/aromatic N) is 1. The highest BCUT2D eigenvalue weighted by Crippen LogP contribution is 2.50. The second-order valence-electron chi connectivity index (χ2n) is 9.68. The van der Waals surface area contributed by atoms with E-state index in [1.807, 2.05) is 18.2 Å². The molecule has 0 amide bonds. The summed E-state index contributed by atoms with van der Waals surface area (Å²) in [5.74, 6) is -0.873. The zero-order valence-electron chi connectivity index (χ0n) is 18.0. The van der Waals surface area contributed by atoms with Crippen molar-refractivity contribution in [3.05, 3.63) is 48.0 Å². The Balaban J connectivity index is 1.74. The smallest absolute Gasteiger partial charge is 0.406 e. The van der Waals surface area contributed by atoms with E-state index in [0.29, 0.717) is 17.2 Å². The quantitative estimate of drug-likeness (QED) is 0.565. The van der Waals surface area contributed by atoms with E-state index in [-0.39, 0.29) is 17.2 Å². The Morgan fingerprint density at radius 3 is 2.39 bits per heavy atom. The van der Waals surface area contributed by atoms with Crippen molar-refractivity contribution in [2.75, 3.05) is 16.0 Å². The van der Waals surface area contributed by atoms with E-state index < -0.39 is 12.1 Å². The third-order valence-electron chi connectivity index (χ3n) is 6.24. The van der Waals surface area contributed by atoms with Crippen LogP contribution < -0.4 is 26.4 Å². The number of rotatable bonds is 3. The Morgan fingerprint density at radius 2 is 1.77 bits per heavy atom. The first-order valence-corrected chi connectivity index (χ1v) is 10.5. The van der Waals surface area contributed by atoms with Gasteiger partial charge in [0.05, 0.1) is 11.4 Å². The Morgan fingerprint density at radius 1 is 1.10 bits per heavy atom. The predicted octanol–water partition coefficient (Wildman–Crippen LogP) is 5.38. The molecule has 2 aromatic carbocycles. The molecule has 4 rings (SSSR count). The number of alkyl halides is 3. The Kier molecular flexibility index (Phi) is 5.04. The number of nitrogens with two attached hydrogens (primary N) is 2. The fraction of sp³-hybridized carbons (Fsp3) is 0.478. The molecule has 1 aliphatic carbocycles. The van der Waals surface area contributed by atoms with Crippen LogP contribution in [0, 0.1) is 11.3 Å². The molecule has 0 spiro atoms. The van der Waals surface area contributed by atoms with Crippen LogP contribution in [-0.4, -0.2) is 12.4 Å². The van der Waals surface area contributed by atoms with Crippen LogP contribution in [0.25, 0.3) is 0 Å². The number of fused-ring (bicyclic) bond motifs is 1. The van der Waals surface area contributed by atoms with Crippen LogP contribution in [0.2, 0.25) is 0 Å². The van der Waals surface area contributed by atoms with Gasteiger partial charge < -0.3 is 20.7 Å². The van der Waals surface area contributed by atoms with Crippen LogP contribution >= 0.6 is 0 Å². The lowest BCUT2D eigenvalue weighted by molar-refractivity contribution is -0.274. The minimum atomic E-state index is -4.74. The van der Waals surface area contributed by atoms with Crippen LogP contribution in [-0.2, 0) is 5.79 Å². The number of nitrogen functional groups attached to an aromatic ring is 1. The summed E-state index contributed by atoms with van der Waals surface area (Å²) in [5, 5.41) is 3.39. The molecule has 1 saturated carbocycles. The molecule has 168 valence electrons. The summed E-state index contributed by atoms with van der Waals surface area (Å²) in [4.78, 5) is 2.18. The summed E-state index contributed by atoms with van der Waals surface area (Å²) in [5.41, 5.74) is 16.2. The van der Waals surface area contributed by atoms with Gasteiger partial charge >= 0.3 is 6.36 Å². The monoisotopic (exact) mass is 434 g/mol. The second-order valence-corrected chi connectivity index (χ2v) is 9.68. The number of nitrogens with one attached hydrogen (secondary N) is 1. The lowest BCUT2D eigenvalue weighted by atomic mass is 9.70. The van der Waals surface area contributed by atoms with Gasteiger partial charge in [-0.2, -0.15) is 0 Å². The number of hydrogen-bond donors (Lipinski definition) is 3. The topological polar surface area (TPSA) is 76.5 Å². The molecule has 0 saturated heterocycles. The largest absolute Gasteiger partial charge is 0.573 e. The Hall–Kier alpha value is -2.61.